The first-order chi connectivity index (χ1) is 17.2. The Labute approximate surface area is 217 Å². The first-order valence-electron chi connectivity index (χ1n) is 12.7. The van der Waals surface area contributed by atoms with Crippen LogP contribution in [0.3, 0.4) is 0 Å². The van der Waals surface area contributed by atoms with Crippen molar-refractivity contribution in [2.75, 3.05) is 19.6 Å². The molecule has 1 fully saturated rings. The first-order valence-corrected chi connectivity index (χ1v) is 13.0. The number of hydrogen-bond acceptors (Lipinski definition) is 5. The van der Waals surface area contributed by atoms with Crippen molar-refractivity contribution >= 4 is 17.4 Å². The molecule has 0 saturated carbocycles. The van der Waals surface area contributed by atoms with Crippen LogP contribution in [-0.2, 0) is 22.4 Å². The first kappa shape index (κ1) is 26.3. The van der Waals surface area contributed by atoms with Gasteiger partial charge in [-0.2, -0.15) is 4.68 Å². The molecule has 192 valence electrons. The fraction of sp³-hybridized carbons (Fsp3) is 0.464. The van der Waals surface area contributed by atoms with Gasteiger partial charge in [0.15, 0.2) is 0 Å². The number of halogens is 1. The zero-order valence-corrected chi connectivity index (χ0v) is 22.2. The smallest absolute Gasteiger partial charge is 0.355 e. The van der Waals surface area contributed by atoms with Gasteiger partial charge in [0, 0.05) is 31.1 Å². The average Bonchev–Trinajstić information content (AvgIpc) is 3.12. The molecule has 2 atom stereocenters. The van der Waals surface area contributed by atoms with Crippen LogP contribution in [0.15, 0.2) is 53.3 Å². The van der Waals surface area contributed by atoms with Gasteiger partial charge in [-0.15, -0.1) is 5.10 Å². The number of ether oxygens (including phenoxy) is 1. The van der Waals surface area contributed by atoms with Crippen LogP contribution in [0.5, 0.6) is 0 Å². The molecule has 0 aliphatic carbocycles. The van der Waals surface area contributed by atoms with E-state index in [0.29, 0.717) is 28.6 Å². The summed E-state index contributed by atoms with van der Waals surface area (Å²) < 4.78 is 8.68. The van der Waals surface area contributed by atoms with Crippen LogP contribution in [-0.4, -0.2) is 56.9 Å². The summed E-state index contributed by atoms with van der Waals surface area (Å²) in [7, 11) is 0. The largest absolute Gasteiger partial charge is 0.373 e. The van der Waals surface area contributed by atoms with E-state index < -0.39 is 0 Å². The summed E-state index contributed by atoms with van der Waals surface area (Å²) in [5.74, 6) is 0.697. The third-order valence-electron chi connectivity index (χ3n) is 6.30. The SMILES string of the molecule is CC(C)CC(=O)Cc1nn(-c2ccc(CCN3C[C@@H](C)O[C@@H](C)C3)cc2)c(=O)n1-c1cccc(Cl)c1. The molecule has 0 amide bonds. The fourth-order valence-electron chi connectivity index (χ4n) is 4.83. The predicted molar refractivity (Wildman–Crippen MR) is 142 cm³/mol. The number of Topliss-reactive ketones (excluding diaryl/α,β-unsaturated/α-hetero) is 1. The number of hydrogen-bond donors (Lipinski definition) is 0. The van der Waals surface area contributed by atoms with Crippen molar-refractivity contribution in [2.45, 2.75) is 59.2 Å². The molecule has 7 nitrogen and oxygen atoms in total. The minimum atomic E-state index is -0.325. The monoisotopic (exact) mass is 510 g/mol. The van der Waals surface area contributed by atoms with Crippen LogP contribution in [0, 0.1) is 5.92 Å². The van der Waals surface area contributed by atoms with E-state index in [4.69, 9.17) is 16.3 Å². The lowest BCUT2D eigenvalue weighted by Gasteiger charge is -2.35. The van der Waals surface area contributed by atoms with Gasteiger partial charge in [-0.1, -0.05) is 43.6 Å². The van der Waals surface area contributed by atoms with Crippen molar-refractivity contribution in [2.24, 2.45) is 5.92 Å². The molecule has 8 heteroatoms. The number of aromatic nitrogens is 3. The topological polar surface area (TPSA) is 69.4 Å². The van der Waals surface area contributed by atoms with E-state index in [1.54, 1.807) is 24.3 Å². The molecule has 1 aliphatic rings. The molecule has 0 radical (unpaired) electrons. The maximum atomic E-state index is 13.5. The number of nitrogens with zero attached hydrogens (tertiary/aromatic N) is 4. The Morgan fingerprint density at radius 3 is 2.42 bits per heavy atom. The van der Waals surface area contributed by atoms with Gasteiger partial charge in [0.2, 0.25) is 0 Å². The Bertz CT molecular complexity index is 1240. The number of rotatable bonds is 9. The Kier molecular flexibility index (Phi) is 8.44. The molecule has 0 unspecified atom stereocenters. The molecule has 4 rings (SSSR count). The second-order valence-electron chi connectivity index (χ2n) is 10.2. The summed E-state index contributed by atoms with van der Waals surface area (Å²) >= 11 is 6.20. The summed E-state index contributed by atoms with van der Waals surface area (Å²) in [6.07, 6.45) is 1.94. The van der Waals surface area contributed by atoms with Gasteiger partial charge in [-0.3, -0.25) is 9.69 Å². The van der Waals surface area contributed by atoms with Crippen LogP contribution in [0.4, 0.5) is 0 Å². The maximum Gasteiger partial charge on any atom is 0.355 e. The summed E-state index contributed by atoms with van der Waals surface area (Å²) in [5, 5.41) is 5.09. The number of carbonyl (C=O) groups is 1. The molecule has 3 aromatic rings. The van der Waals surface area contributed by atoms with Gasteiger partial charge in [-0.25, -0.2) is 9.36 Å². The lowest BCUT2D eigenvalue weighted by molar-refractivity contribution is -0.119. The maximum absolute atomic E-state index is 13.5. The predicted octanol–water partition coefficient (Wildman–Crippen LogP) is 4.49. The minimum absolute atomic E-state index is 0.0486. The number of carbonyl (C=O) groups excluding carboxylic acids is 1. The Balaban J connectivity index is 1.57. The van der Waals surface area contributed by atoms with Crippen molar-refractivity contribution in [1.29, 1.82) is 0 Å². The molecule has 1 saturated heterocycles. The zero-order valence-electron chi connectivity index (χ0n) is 21.5. The third kappa shape index (κ3) is 6.52. The van der Waals surface area contributed by atoms with E-state index in [9.17, 15) is 9.59 Å². The van der Waals surface area contributed by atoms with E-state index in [1.807, 2.05) is 38.1 Å². The summed E-state index contributed by atoms with van der Waals surface area (Å²) in [6.45, 7) is 11.1. The standard InChI is InChI=1S/C28H35ClN4O3/c1-19(2)14-26(34)16-27-30-33(28(35)32(27)25-7-5-6-23(29)15-25)24-10-8-22(9-11-24)12-13-31-17-20(3)36-21(4)18-31/h5-11,15,19-21H,12-14,16-18H2,1-4H3/t20-,21+. The highest BCUT2D eigenvalue weighted by Crippen LogP contribution is 2.18. The van der Waals surface area contributed by atoms with E-state index in [1.165, 1.54) is 14.8 Å². The number of morpholine rings is 1. The second kappa shape index (κ2) is 11.5. The van der Waals surface area contributed by atoms with Crippen LogP contribution in [0.25, 0.3) is 11.4 Å². The Morgan fingerprint density at radius 2 is 1.78 bits per heavy atom. The van der Waals surface area contributed by atoms with Gasteiger partial charge in [-0.05, 0) is 62.1 Å². The molecule has 36 heavy (non-hydrogen) atoms. The molecule has 1 aromatic heterocycles. The van der Waals surface area contributed by atoms with Crippen LogP contribution < -0.4 is 5.69 Å². The molecule has 1 aliphatic heterocycles. The second-order valence-corrected chi connectivity index (χ2v) is 10.6. The van der Waals surface area contributed by atoms with E-state index in [2.05, 4.69) is 23.8 Å². The zero-order chi connectivity index (χ0) is 25.8. The number of ketones is 1. The quantitative estimate of drug-likeness (QED) is 0.424. The van der Waals surface area contributed by atoms with Crippen molar-refractivity contribution in [3.63, 3.8) is 0 Å². The molecular formula is C28H35ClN4O3. The molecule has 0 spiro atoms. The molecule has 0 N–H and O–H groups in total. The summed E-state index contributed by atoms with van der Waals surface area (Å²) in [6, 6.07) is 14.9. The van der Waals surface area contributed by atoms with Gasteiger partial charge in [0.25, 0.3) is 0 Å². The van der Waals surface area contributed by atoms with Crippen LogP contribution in [0.1, 0.15) is 45.5 Å². The molecule has 2 heterocycles. The normalized spacial score (nSPS) is 18.6. The minimum Gasteiger partial charge on any atom is -0.373 e. The van der Waals surface area contributed by atoms with Crippen LogP contribution in [0.2, 0.25) is 5.02 Å². The third-order valence-corrected chi connectivity index (χ3v) is 6.53. The highest BCUT2D eigenvalue weighted by Gasteiger charge is 2.22. The van der Waals surface area contributed by atoms with Crippen molar-refractivity contribution < 1.29 is 9.53 Å². The van der Waals surface area contributed by atoms with E-state index in [-0.39, 0.29) is 36.0 Å². The Hall–Kier alpha value is -2.74. The molecular weight excluding hydrogens is 476 g/mol. The number of benzene rings is 2. The van der Waals surface area contributed by atoms with Gasteiger partial charge in [0.1, 0.15) is 11.6 Å². The van der Waals surface area contributed by atoms with Gasteiger partial charge >= 0.3 is 5.69 Å². The lowest BCUT2D eigenvalue weighted by Crippen LogP contribution is -2.46. The summed E-state index contributed by atoms with van der Waals surface area (Å²) in [4.78, 5) is 28.5. The Morgan fingerprint density at radius 1 is 1.08 bits per heavy atom. The van der Waals surface area contributed by atoms with Crippen molar-refractivity contribution in [3.8, 4) is 11.4 Å². The highest BCUT2D eigenvalue weighted by molar-refractivity contribution is 6.30. The molecule has 0 bridgehead atoms. The van der Waals surface area contributed by atoms with Crippen molar-refractivity contribution in [1.82, 2.24) is 19.2 Å². The molecule has 2 aromatic carbocycles. The lowest BCUT2D eigenvalue weighted by atomic mass is 10.1. The van der Waals surface area contributed by atoms with Crippen LogP contribution >= 0.6 is 11.6 Å². The summed E-state index contributed by atoms with van der Waals surface area (Å²) in [5.41, 5.74) is 2.13. The van der Waals surface area contributed by atoms with E-state index >= 15 is 0 Å². The van der Waals surface area contributed by atoms with Gasteiger partial charge in [0.05, 0.1) is 30.0 Å². The van der Waals surface area contributed by atoms with Crippen molar-refractivity contribution in [3.05, 3.63) is 75.4 Å². The average molecular weight is 511 g/mol. The van der Waals surface area contributed by atoms with E-state index in [0.717, 1.165) is 26.1 Å². The fourth-order valence-corrected chi connectivity index (χ4v) is 5.01. The van der Waals surface area contributed by atoms with Gasteiger partial charge < -0.3 is 4.74 Å². The highest BCUT2D eigenvalue weighted by atomic mass is 35.5.